The van der Waals surface area contributed by atoms with E-state index in [4.69, 9.17) is 12.2 Å². The van der Waals surface area contributed by atoms with E-state index in [9.17, 15) is 0 Å². The second kappa shape index (κ2) is 6.12. The number of hydrogen-bond acceptors (Lipinski definition) is 4. The SMILES string of the molecule is CCCCc1ccc(NC2N=NC(=S)S2)cc1. The summed E-state index contributed by atoms with van der Waals surface area (Å²) in [6.45, 7) is 2.21. The molecule has 90 valence electrons. The Kier molecular flexibility index (Phi) is 4.50. The van der Waals surface area contributed by atoms with Crippen LogP contribution in [0.15, 0.2) is 34.5 Å². The molecule has 0 amide bonds. The van der Waals surface area contributed by atoms with Gasteiger partial charge in [-0.1, -0.05) is 25.5 Å². The first-order chi connectivity index (χ1) is 8.28. The Morgan fingerprint density at radius 2 is 2.12 bits per heavy atom. The molecule has 3 nitrogen and oxygen atoms in total. The zero-order chi connectivity index (χ0) is 12.1. The Labute approximate surface area is 111 Å². The molecule has 1 atom stereocenters. The minimum absolute atomic E-state index is 0.0657. The predicted molar refractivity (Wildman–Crippen MR) is 77.5 cm³/mol. The number of aryl methyl sites for hydroxylation is 1. The molecule has 0 radical (unpaired) electrons. The number of unbranched alkanes of at least 4 members (excludes halogenated alkanes) is 1. The Hall–Kier alpha value is -0.940. The van der Waals surface area contributed by atoms with E-state index < -0.39 is 0 Å². The van der Waals surface area contributed by atoms with Gasteiger partial charge in [0.1, 0.15) is 0 Å². The average Bonchev–Trinajstić information content (AvgIpc) is 2.74. The van der Waals surface area contributed by atoms with Crippen LogP contribution in [0.3, 0.4) is 0 Å². The Balaban J connectivity index is 1.89. The van der Waals surface area contributed by atoms with Gasteiger partial charge in [0, 0.05) is 5.69 Å². The molecule has 0 saturated carbocycles. The largest absolute Gasteiger partial charge is 0.354 e. The lowest BCUT2D eigenvalue weighted by molar-refractivity contribution is 0.795. The van der Waals surface area contributed by atoms with Crippen molar-refractivity contribution in [3.05, 3.63) is 29.8 Å². The highest BCUT2D eigenvalue weighted by atomic mass is 32.2. The number of nitrogens with zero attached hydrogens (tertiary/aromatic N) is 2. The third-order valence-electron chi connectivity index (χ3n) is 2.52. The van der Waals surface area contributed by atoms with Crippen molar-refractivity contribution in [1.82, 2.24) is 0 Å². The molecule has 0 fully saturated rings. The number of benzene rings is 1. The first kappa shape index (κ1) is 12.5. The minimum Gasteiger partial charge on any atom is -0.354 e. The predicted octanol–water partition coefficient (Wildman–Crippen LogP) is 4.21. The number of anilines is 1. The lowest BCUT2D eigenvalue weighted by Crippen LogP contribution is -2.09. The lowest BCUT2D eigenvalue weighted by Gasteiger charge is -2.09. The maximum atomic E-state index is 4.94. The monoisotopic (exact) mass is 265 g/mol. The van der Waals surface area contributed by atoms with E-state index in [2.05, 4.69) is 46.7 Å². The van der Waals surface area contributed by atoms with Crippen LogP contribution in [0.4, 0.5) is 5.69 Å². The van der Waals surface area contributed by atoms with Gasteiger partial charge in [0.05, 0.1) is 0 Å². The van der Waals surface area contributed by atoms with Crippen LogP contribution in [0.2, 0.25) is 0 Å². The summed E-state index contributed by atoms with van der Waals surface area (Å²) in [5.74, 6) is 0. The normalized spacial score (nSPS) is 18.6. The van der Waals surface area contributed by atoms with Gasteiger partial charge >= 0.3 is 0 Å². The topological polar surface area (TPSA) is 36.8 Å². The number of thiocarbonyl (C=S) groups is 1. The molecule has 1 N–H and O–H groups in total. The third-order valence-corrected chi connectivity index (χ3v) is 3.61. The van der Waals surface area contributed by atoms with Crippen molar-refractivity contribution >= 4 is 34.0 Å². The molecule has 1 aliphatic rings. The molecule has 1 heterocycles. The highest BCUT2D eigenvalue weighted by Crippen LogP contribution is 2.25. The molecule has 0 aliphatic carbocycles. The number of nitrogens with one attached hydrogen (secondary N) is 1. The average molecular weight is 265 g/mol. The maximum Gasteiger partial charge on any atom is 0.194 e. The maximum absolute atomic E-state index is 4.94. The van der Waals surface area contributed by atoms with Crippen molar-refractivity contribution in [1.29, 1.82) is 0 Å². The van der Waals surface area contributed by atoms with E-state index >= 15 is 0 Å². The van der Waals surface area contributed by atoms with Gasteiger partial charge in [-0.2, -0.15) is 0 Å². The number of rotatable bonds is 5. The van der Waals surface area contributed by atoms with Gasteiger partial charge in [0.2, 0.25) is 0 Å². The molecule has 0 spiro atoms. The van der Waals surface area contributed by atoms with Gasteiger partial charge in [0.25, 0.3) is 0 Å². The first-order valence-corrected chi connectivity index (χ1v) is 7.03. The van der Waals surface area contributed by atoms with Gasteiger partial charge in [-0.3, -0.25) is 0 Å². The third kappa shape index (κ3) is 3.78. The number of thioether (sulfide) groups is 1. The summed E-state index contributed by atoms with van der Waals surface area (Å²) in [4.78, 5) is 0. The summed E-state index contributed by atoms with van der Waals surface area (Å²) in [5, 5.41) is 11.1. The van der Waals surface area contributed by atoms with E-state index in [1.165, 1.54) is 30.2 Å². The van der Waals surface area contributed by atoms with Crippen LogP contribution < -0.4 is 5.32 Å². The van der Waals surface area contributed by atoms with E-state index in [0.717, 1.165) is 12.1 Å². The van der Waals surface area contributed by atoms with Crippen molar-refractivity contribution in [2.75, 3.05) is 5.32 Å². The Morgan fingerprint density at radius 1 is 1.35 bits per heavy atom. The van der Waals surface area contributed by atoms with E-state index in [1.807, 2.05) is 0 Å². The molecule has 1 aliphatic heterocycles. The molecule has 0 aromatic heterocycles. The fourth-order valence-corrected chi connectivity index (χ4v) is 2.49. The van der Waals surface area contributed by atoms with Gasteiger partial charge in [-0.05, 0) is 54.5 Å². The van der Waals surface area contributed by atoms with Gasteiger partial charge in [-0.25, -0.2) is 0 Å². The van der Waals surface area contributed by atoms with Gasteiger partial charge in [0.15, 0.2) is 9.82 Å². The highest BCUT2D eigenvalue weighted by Gasteiger charge is 2.16. The Bertz CT molecular complexity index is 414. The molecule has 1 aromatic carbocycles. The van der Waals surface area contributed by atoms with E-state index in [0.29, 0.717) is 4.32 Å². The molecule has 0 saturated heterocycles. The van der Waals surface area contributed by atoms with Gasteiger partial charge in [-0.15, -0.1) is 10.2 Å². The molecule has 5 heteroatoms. The molecule has 1 unspecified atom stereocenters. The smallest absolute Gasteiger partial charge is 0.194 e. The van der Waals surface area contributed by atoms with Crippen molar-refractivity contribution < 1.29 is 0 Å². The summed E-state index contributed by atoms with van der Waals surface area (Å²) >= 11 is 6.41. The van der Waals surface area contributed by atoms with Crippen LogP contribution in [0, 0.1) is 0 Å². The summed E-state index contributed by atoms with van der Waals surface area (Å²) in [6, 6.07) is 8.49. The van der Waals surface area contributed by atoms with Gasteiger partial charge < -0.3 is 5.32 Å². The fraction of sp³-hybridized carbons (Fsp3) is 0.417. The molecule has 0 bridgehead atoms. The van der Waals surface area contributed by atoms with Crippen molar-refractivity contribution in [3.8, 4) is 0 Å². The second-order valence-corrected chi connectivity index (χ2v) is 5.61. The summed E-state index contributed by atoms with van der Waals surface area (Å²) < 4.78 is 0.599. The molecular formula is C12H15N3S2. The zero-order valence-corrected chi connectivity index (χ0v) is 11.4. The van der Waals surface area contributed by atoms with E-state index in [1.54, 1.807) is 0 Å². The zero-order valence-electron chi connectivity index (χ0n) is 9.72. The lowest BCUT2D eigenvalue weighted by atomic mass is 10.1. The van der Waals surface area contributed by atoms with Crippen LogP contribution in [0.25, 0.3) is 0 Å². The van der Waals surface area contributed by atoms with Crippen LogP contribution in [0.1, 0.15) is 25.3 Å². The van der Waals surface area contributed by atoms with Crippen LogP contribution in [-0.2, 0) is 6.42 Å². The summed E-state index contributed by atoms with van der Waals surface area (Å²) in [5.41, 5.74) is 2.38. The standard InChI is InChI=1S/C12H15N3S2/c1-2-3-4-9-5-7-10(8-6-9)13-11-14-15-12(16)17-11/h5-8,11,13H,2-4H2,1H3. The van der Waals surface area contributed by atoms with Crippen molar-refractivity contribution in [2.45, 2.75) is 31.7 Å². The molecule has 2 rings (SSSR count). The fourth-order valence-electron chi connectivity index (χ4n) is 1.59. The second-order valence-electron chi connectivity index (χ2n) is 3.90. The molecule has 1 aromatic rings. The minimum atomic E-state index is -0.0657. The van der Waals surface area contributed by atoms with E-state index in [-0.39, 0.29) is 5.50 Å². The number of hydrogen-bond donors (Lipinski definition) is 1. The van der Waals surface area contributed by atoms with Crippen LogP contribution >= 0.6 is 24.0 Å². The summed E-state index contributed by atoms with van der Waals surface area (Å²) in [7, 11) is 0. The van der Waals surface area contributed by atoms with Crippen LogP contribution in [0.5, 0.6) is 0 Å². The van der Waals surface area contributed by atoms with Crippen molar-refractivity contribution in [2.24, 2.45) is 10.2 Å². The first-order valence-electron chi connectivity index (χ1n) is 5.75. The van der Waals surface area contributed by atoms with Crippen molar-refractivity contribution in [3.63, 3.8) is 0 Å². The quantitative estimate of drug-likeness (QED) is 0.810. The Morgan fingerprint density at radius 3 is 2.71 bits per heavy atom. The summed E-state index contributed by atoms with van der Waals surface area (Å²) in [6.07, 6.45) is 3.63. The molecule has 17 heavy (non-hydrogen) atoms. The molecular weight excluding hydrogens is 250 g/mol. The number of azo groups is 1. The highest BCUT2D eigenvalue weighted by molar-refractivity contribution is 8.23. The van der Waals surface area contributed by atoms with Crippen LogP contribution in [-0.4, -0.2) is 9.82 Å².